The molecule has 0 saturated heterocycles. The minimum atomic E-state index is -0.115. The van der Waals surface area contributed by atoms with Crippen LogP contribution in [-0.4, -0.2) is 0 Å². The summed E-state index contributed by atoms with van der Waals surface area (Å²) in [6.07, 6.45) is 8.30. The number of hydrogen-bond acceptors (Lipinski definition) is 1. The van der Waals surface area contributed by atoms with Gasteiger partial charge in [-0.3, -0.25) is 0 Å². The van der Waals surface area contributed by atoms with E-state index in [0.717, 1.165) is 18.4 Å². The van der Waals surface area contributed by atoms with Gasteiger partial charge in [0.15, 0.2) is 0 Å². The van der Waals surface area contributed by atoms with Crippen LogP contribution in [-0.2, 0) is 0 Å². The molecule has 0 unspecified atom stereocenters. The lowest BCUT2D eigenvalue weighted by Crippen LogP contribution is -1.97. The first-order valence-corrected chi connectivity index (χ1v) is 7.79. The van der Waals surface area contributed by atoms with E-state index in [1.807, 2.05) is 6.07 Å². The molecule has 0 spiro atoms. The molecule has 0 saturated carbocycles. The van der Waals surface area contributed by atoms with Crippen molar-refractivity contribution in [1.29, 1.82) is 5.26 Å². The van der Waals surface area contributed by atoms with E-state index < -0.39 is 0 Å². The summed E-state index contributed by atoms with van der Waals surface area (Å²) >= 11 is 12.0. The van der Waals surface area contributed by atoms with Gasteiger partial charge in [0.2, 0.25) is 0 Å². The molecule has 1 aromatic carbocycles. The molecule has 0 radical (unpaired) electrons. The SMILES string of the molecule is CCCCCCCC[C@@H](C#N)c1ccc(Cl)cc1Cl. The molecule has 19 heavy (non-hydrogen) atoms. The van der Waals surface area contributed by atoms with E-state index >= 15 is 0 Å². The third-order valence-corrected chi connectivity index (χ3v) is 3.90. The first-order chi connectivity index (χ1) is 9.19. The monoisotopic (exact) mass is 297 g/mol. The average Bonchev–Trinajstić information content (AvgIpc) is 2.39. The Morgan fingerprint density at radius 1 is 1.11 bits per heavy atom. The van der Waals surface area contributed by atoms with Crippen molar-refractivity contribution >= 4 is 23.2 Å². The van der Waals surface area contributed by atoms with Gasteiger partial charge >= 0.3 is 0 Å². The molecule has 3 heteroatoms. The van der Waals surface area contributed by atoms with Crippen molar-refractivity contribution in [2.75, 3.05) is 0 Å². The second-order valence-corrected chi connectivity index (χ2v) is 5.75. The van der Waals surface area contributed by atoms with Crippen molar-refractivity contribution in [2.24, 2.45) is 0 Å². The smallest absolute Gasteiger partial charge is 0.0727 e. The Labute approximate surface area is 126 Å². The van der Waals surface area contributed by atoms with Gasteiger partial charge < -0.3 is 0 Å². The summed E-state index contributed by atoms with van der Waals surface area (Å²) in [5, 5.41) is 10.5. The van der Waals surface area contributed by atoms with E-state index in [1.54, 1.807) is 12.1 Å². The lowest BCUT2D eigenvalue weighted by molar-refractivity contribution is 0.575. The van der Waals surface area contributed by atoms with Crippen LogP contribution in [0.2, 0.25) is 10.0 Å². The Hall–Kier alpha value is -0.710. The third kappa shape index (κ3) is 5.85. The maximum Gasteiger partial charge on any atom is 0.0727 e. The lowest BCUT2D eigenvalue weighted by Gasteiger charge is -2.11. The molecule has 104 valence electrons. The van der Waals surface area contributed by atoms with Gasteiger partial charge in [-0.2, -0.15) is 5.26 Å². The first-order valence-electron chi connectivity index (χ1n) is 7.03. The van der Waals surface area contributed by atoms with Crippen LogP contribution in [0.3, 0.4) is 0 Å². The molecule has 0 heterocycles. The van der Waals surface area contributed by atoms with Crippen LogP contribution in [0, 0.1) is 11.3 Å². The highest BCUT2D eigenvalue weighted by Gasteiger charge is 2.13. The van der Waals surface area contributed by atoms with Gasteiger partial charge in [-0.05, 0) is 24.1 Å². The molecule has 0 aliphatic rings. The summed E-state index contributed by atoms with van der Waals surface area (Å²) in [5.74, 6) is -0.115. The molecule has 0 amide bonds. The van der Waals surface area contributed by atoms with Crippen molar-refractivity contribution < 1.29 is 0 Å². The number of hydrogen-bond donors (Lipinski definition) is 0. The van der Waals surface area contributed by atoms with Crippen LogP contribution in [0.5, 0.6) is 0 Å². The predicted molar refractivity (Wildman–Crippen MR) is 82.8 cm³/mol. The van der Waals surface area contributed by atoms with Gasteiger partial charge in [0, 0.05) is 10.0 Å². The molecule has 0 aromatic heterocycles. The van der Waals surface area contributed by atoms with Crippen LogP contribution in [0.15, 0.2) is 18.2 Å². The molecular formula is C16H21Cl2N. The number of rotatable bonds is 8. The molecule has 0 aliphatic carbocycles. The number of nitrogens with zero attached hydrogens (tertiary/aromatic N) is 1. The summed E-state index contributed by atoms with van der Waals surface area (Å²) in [5.41, 5.74) is 0.905. The van der Waals surface area contributed by atoms with E-state index in [9.17, 15) is 5.26 Å². The summed E-state index contributed by atoms with van der Waals surface area (Å²) in [4.78, 5) is 0. The van der Waals surface area contributed by atoms with Gasteiger partial charge in [0.05, 0.1) is 12.0 Å². The lowest BCUT2D eigenvalue weighted by atomic mass is 9.94. The van der Waals surface area contributed by atoms with Crippen molar-refractivity contribution in [2.45, 2.75) is 57.8 Å². The Bertz CT molecular complexity index is 423. The molecule has 0 N–H and O–H groups in total. The Morgan fingerprint density at radius 2 is 1.79 bits per heavy atom. The van der Waals surface area contributed by atoms with Gasteiger partial charge in [-0.1, -0.05) is 74.7 Å². The van der Waals surface area contributed by atoms with Crippen LogP contribution < -0.4 is 0 Å². The normalized spacial score (nSPS) is 12.1. The minimum Gasteiger partial charge on any atom is -0.198 e. The highest BCUT2D eigenvalue weighted by molar-refractivity contribution is 6.35. The maximum absolute atomic E-state index is 9.27. The van der Waals surface area contributed by atoms with Gasteiger partial charge in [-0.15, -0.1) is 0 Å². The van der Waals surface area contributed by atoms with Crippen LogP contribution in [0.1, 0.15) is 63.4 Å². The molecule has 1 aromatic rings. The second kappa shape index (κ2) is 9.23. The van der Waals surface area contributed by atoms with E-state index in [4.69, 9.17) is 23.2 Å². The number of benzene rings is 1. The maximum atomic E-state index is 9.27. The first kappa shape index (κ1) is 16.3. The summed E-state index contributed by atoms with van der Waals surface area (Å²) < 4.78 is 0. The van der Waals surface area contributed by atoms with Crippen LogP contribution in [0.4, 0.5) is 0 Å². The molecule has 1 rings (SSSR count). The summed E-state index contributed by atoms with van der Waals surface area (Å²) in [6, 6.07) is 7.74. The largest absolute Gasteiger partial charge is 0.198 e. The van der Waals surface area contributed by atoms with E-state index in [0.29, 0.717) is 10.0 Å². The Balaban J connectivity index is 2.43. The predicted octanol–water partition coefficient (Wildman–Crippen LogP) is 6.35. The topological polar surface area (TPSA) is 23.8 Å². The van der Waals surface area contributed by atoms with Crippen molar-refractivity contribution in [3.05, 3.63) is 33.8 Å². The fourth-order valence-electron chi connectivity index (χ4n) is 2.20. The second-order valence-electron chi connectivity index (χ2n) is 4.90. The van der Waals surface area contributed by atoms with Gasteiger partial charge in [0.1, 0.15) is 0 Å². The molecular weight excluding hydrogens is 277 g/mol. The fraction of sp³-hybridized carbons (Fsp3) is 0.562. The van der Waals surface area contributed by atoms with Crippen LogP contribution in [0.25, 0.3) is 0 Å². The third-order valence-electron chi connectivity index (χ3n) is 3.34. The minimum absolute atomic E-state index is 0.115. The number of halogens is 2. The number of nitriles is 1. The molecule has 1 nitrogen and oxygen atoms in total. The summed E-state index contributed by atoms with van der Waals surface area (Å²) in [7, 11) is 0. The van der Waals surface area contributed by atoms with Crippen molar-refractivity contribution in [3.63, 3.8) is 0 Å². The van der Waals surface area contributed by atoms with Crippen LogP contribution >= 0.6 is 23.2 Å². The van der Waals surface area contributed by atoms with Crippen molar-refractivity contribution in [1.82, 2.24) is 0 Å². The summed E-state index contributed by atoms with van der Waals surface area (Å²) in [6.45, 7) is 2.22. The molecule has 0 bridgehead atoms. The molecule has 1 atom stereocenters. The molecule has 0 aliphatic heterocycles. The average molecular weight is 298 g/mol. The Morgan fingerprint density at radius 3 is 2.42 bits per heavy atom. The highest BCUT2D eigenvalue weighted by atomic mass is 35.5. The van der Waals surface area contributed by atoms with E-state index in [-0.39, 0.29) is 5.92 Å². The van der Waals surface area contributed by atoms with Crippen molar-refractivity contribution in [3.8, 4) is 6.07 Å². The van der Waals surface area contributed by atoms with Gasteiger partial charge in [0.25, 0.3) is 0 Å². The van der Waals surface area contributed by atoms with E-state index in [1.165, 1.54) is 32.1 Å². The number of unbranched alkanes of at least 4 members (excludes halogenated alkanes) is 5. The van der Waals surface area contributed by atoms with E-state index in [2.05, 4.69) is 13.0 Å². The zero-order valence-electron chi connectivity index (χ0n) is 11.5. The zero-order valence-corrected chi connectivity index (χ0v) is 13.0. The fourth-order valence-corrected chi connectivity index (χ4v) is 2.74. The highest BCUT2D eigenvalue weighted by Crippen LogP contribution is 2.30. The quantitative estimate of drug-likeness (QED) is 0.513. The zero-order chi connectivity index (χ0) is 14.1. The molecule has 0 fully saturated rings. The standard InChI is InChI=1S/C16H21Cl2N/c1-2-3-4-5-6-7-8-13(12-19)15-10-9-14(17)11-16(15)18/h9-11,13H,2-8H2,1H3/t13-/m0/s1. The van der Waals surface area contributed by atoms with Gasteiger partial charge in [-0.25, -0.2) is 0 Å². The Kier molecular flexibility index (Phi) is 7.94.